The van der Waals surface area contributed by atoms with E-state index < -0.39 is 5.97 Å². The molecule has 0 unspecified atom stereocenters. The van der Waals surface area contributed by atoms with Crippen LogP contribution in [0.1, 0.15) is 30.1 Å². The quantitative estimate of drug-likeness (QED) is 0.593. The van der Waals surface area contributed by atoms with Gasteiger partial charge < -0.3 is 25.3 Å². The number of anilines is 1. The summed E-state index contributed by atoms with van der Waals surface area (Å²) in [6.45, 7) is 2.75. The minimum absolute atomic E-state index is 0.142. The highest BCUT2D eigenvalue weighted by Gasteiger charge is 2.13. The molecule has 0 radical (unpaired) electrons. The Morgan fingerprint density at radius 2 is 2.04 bits per heavy atom. The maximum absolute atomic E-state index is 11.1. The van der Waals surface area contributed by atoms with Crippen molar-refractivity contribution in [2.24, 2.45) is 0 Å². The second kappa shape index (κ2) is 6.76. The second-order valence-corrected chi connectivity index (χ2v) is 5.84. The zero-order chi connectivity index (χ0) is 18.0. The molecule has 130 valence electrons. The van der Waals surface area contributed by atoms with E-state index in [0.717, 1.165) is 29.5 Å². The molecule has 0 fully saturated rings. The largest absolute Gasteiger partial charge is 0.507 e. The van der Waals surface area contributed by atoms with Crippen molar-refractivity contribution in [3.63, 3.8) is 0 Å². The maximum atomic E-state index is 11.1. The molecule has 1 aromatic heterocycles. The number of carboxylic acid groups (broad SMARTS) is 1. The number of carboxylic acids is 1. The molecule has 0 aliphatic carbocycles. The normalized spacial score (nSPS) is 10.9. The first kappa shape index (κ1) is 16.7. The number of rotatable bonds is 6. The SMILES string of the molecule is CCCCOc1ccc2c(N)cn(-c3ccc(C(=O)O)c(O)c3)c2c1. The Morgan fingerprint density at radius 3 is 2.72 bits per heavy atom. The summed E-state index contributed by atoms with van der Waals surface area (Å²) < 4.78 is 7.56. The predicted octanol–water partition coefficient (Wildman–Crippen LogP) is 3.80. The van der Waals surface area contributed by atoms with Crippen LogP contribution in [0.5, 0.6) is 11.5 Å². The zero-order valence-corrected chi connectivity index (χ0v) is 13.9. The van der Waals surface area contributed by atoms with Gasteiger partial charge in [-0.15, -0.1) is 0 Å². The van der Waals surface area contributed by atoms with Crippen LogP contribution in [-0.2, 0) is 0 Å². The first-order chi connectivity index (χ1) is 12.0. The number of nitrogens with two attached hydrogens (primary N) is 1. The molecule has 1 heterocycles. The summed E-state index contributed by atoms with van der Waals surface area (Å²) in [6, 6.07) is 10.1. The van der Waals surface area contributed by atoms with Crippen LogP contribution < -0.4 is 10.5 Å². The molecule has 0 atom stereocenters. The van der Waals surface area contributed by atoms with Crippen LogP contribution >= 0.6 is 0 Å². The predicted molar refractivity (Wildman–Crippen MR) is 96.7 cm³/mol. The molecule has 4 N–H and O–H groups in total. The number of hydrogen-bond donors (Lipinski definition) is 3. The van der Waals surface area contributed by atoms with Crippen LogP contribution in [-0.4, -0.2) is 27.4 Å². The molecule has 25 heavy (non-hydrogen) atoms. The number of phenols is 1. The van der Waals surface area contributed by atoms with Crippen molar-refractivity contribution in [3.05, 3.63) is 48.2 Å². The number of unbranched alkanes of at least 4 members (excludes halogenated alkanes) is 1. The number of aromatic nitrogens is 1. The van der Waals surface area contributed by atoms with Gasteiger partial charge in [-0.1, -0.05) is 13.3 Å². The Balaban J connectivity index is 2.04. The molecule has 3 rings (SSSR count). The molecular formula is C19H20N2O4. The molecule has 0 bridgehead atoms. The summed E-state index contributed by atoms with van der Waals surface area (Å²) in [6.07, 6.45) is 3.78. The Morgan fingerprint density at radius 1 is 1.24 bits per heavy atom. The number of nitrogens with zero attached hydrogens (tertiary/aromatic N) is 1. The third-order valence-corrected chi connectivity index (χ3v) is 4.06. The van der Waals surface area contributed by atoms with E-state index in [0.29, 0.717) is 18.0 Å². The fourth-order valence-electron chi connectivity index (χ4n) is 2.72. The highest BCUT2D eigenvalue weighted by atomic mass is 16.5. The van der Waals surface area contributed by atoms with Crippen molar-refractivity contribution >= 4 is 22.6 Å². The van der Waals surface area contributed by atoms with Crippen LogP contribution in [0.15, 0.2) is 42.6 Å². The maximum Gasteiger partial charge on any atom is 0.339 e. The van der Waals surface area contributed by atoms with Crippen molar-refractivity contribution in [1.29, 1.82) is 0 Å². The lowest BCUT2D eigenvalue weighted by Gasteiger charge is -2.09. The number of aromatic hydroxyl groups is 1. The minimum Gasteiger partial charge on any atom is -0.507 e. The van der Waals surface area contributed by atoms with Crippen molar-refractivity contribution in [2.75, 3.05) is 12.3 Å². The lowest BCUT2D eigenvalue weighted by molar-refractivity contribution is 0.0694. The number of aromatic carboxylic acids is 1. The average molecular weight is 340 g/mol. The van der Waals surface area contributed by atoms with E-state index in [-0.39, 0.29) is 11.3 Å². The van der Waals surface area contributed by atoms with Gasteiger partial charge in [0, 0.05) is 29.4 Å². The third-order valence-electron chi connectivity index (χ3n) is 4.06. The number of nitrogen functional groups attached to an aromatic ring is 1. The van der Waals surface area contributed by atoms with Gasteiger partial charge in [0.1, 0.15) is 17.1 Å². The molecule has 0 saturated carbocycles. The Labute approximate surface area is 145 Å². The molecule has 3 aromatic rings. The molecule has 2 aromatic carbocycles. The van der Waals surface area contributed by atoms with Crippen molar-refractivity contribution in [3.8, 4) is 17.2 Å². The Hall–Kier alpha value is -3.15. The summed E-state index contributed by atoms with van der Waals surface area (Å²) in [5.74, 6) is -0.722. The summed E-state index contributed by atoms with van der Waals surface area (Å²) in [5.41, 5.74) is 7.98. The standard InChI is InChI=1S/C19H20N2O4/c1-2-3-8-25-13-5-7-14-16(20)11-21(17(14)10-13)12-4-6-15(19(23)24)18(22)9-12/h4-7,9-11,22H,2-3,8,20H2,1H3,(H,23,24). The molecule has 0 saturated heterocycles. The molecule has 6 heteroatoms. The van der Waals surface area contributed by atoms with Crippen LogP contribution in [0.4, 0.5) is 5.69 Å². The van der Waals surface area contributed by atoms with Crippen LogP contribution in [0.3, 0.4) is 0 Å². The smallest absolute Gasteiger partial charge is 0.339 e. The first-order valence-electron chi connectivity index (χ1n) is 8.11. The van der Waals surface area contributed by atoms with Gasteiger partial charge in [0.25, 0.3) is 0 Å². The van der Waals surface area contributed by atoms with E-state index in [1.807, 2.05) is 22.8 Å². The highest BCUT2D eigenvalue weighted by Crippen LogP contribution is 2.31. The second-order valence-electron chi connectivity index (χ2n) is 5.84. The van der Waals surface area contributed by atoms with Crippen molar-refractivity contribution < 1.29 is 19.7 Å². The summed E-state index contributed by atoms with van der Waals surface area (Å²) in [5, 5.41) is 19.9. The van der Waals surface area contributed by atoms with E-state index in [2.05, 4.69) is 6.92 Å². The molecule has 6 nitrogen and oxygen atoms in total. The fraction of sp³-hybridized carbons (Fsp3) is 0.211. The van der Waals surface area contributed by atoms with E-state index in [1.54, 1.807) is 12.3 Å². The number of fused-ring (bicyclic) bond motifs is 1. The van der Waals surface area contributed by atoms with Gasteiger partial charge in [0.15, 0.2) is 0 Å². The minimum atomic E-state index is -1.17. The summed E-state index contributed by atoms with van der Waals surface area (Å²) in [4.78, 5) is 11.1. The van der Waals surface area contributed by atoms with Gasteiger partial charge in [0.2, 0.25) is 0 Å². The number of benzene rings is 2. The molecule has 0 spiro atoms. The fourth-order valence-corrected chi connectivity index (χ4v) is 2.72. The molecule has 0 aliphatic heterocycles. The van der Waals surface area contributed by atoms with E-state index in [1.165, 1.54) is 12.1 Å². The van der Waals surface area contributed by atoms with Crippen LogP contribution in [0.25, 0.3) is 16.6 Å². The zero-order valence-electron chi connectivity index (χ0n) is 13.9. The van der Waals surface area contributed by atoms with E-state index >= 15 is 0 Å². The topological polar surface area (TPSA) is 97.7 Å². The average Bonchev–Trinajstić information content (AvgIpc) is 2.91. The monoisotopic (exact) mass is 340 g/mol. The highest BCUT2D eigenvalue weighted by molar-refractivity contribution is 5.95. The van der Waals surface area contributed by atoms with Crippen LogP contribution in [0.2, 0.25) is 0 Å². The molecular weight excluding hydrogens is 320 g/mol. The van der Waals surface area contributed by atoms with Crippen LogP contribution in [0, 0.1) is 0 Å². The lowest BCUT2D eigenvalue weighted by atomic mass is 10.1. The molecule has 0 amide bonds. The van der Waals surface area contributed by atoms with Crippen molar-refractivity contribution in [2.45, 2.75) is 19.8 Å². The van der Waals surface area contributed by atoms with Crippen molar-refractivity contribution in [1.82, 2.24) is 4.57 Å². The van der Waals surface area contributed by atoms with E-state index in [4.69, 9.17) is 15.6 Å². The number of carbonyl (C=O) groups is 1. The number of hydrogen-bond acceptors (Lipinski definition) is 4. The summed E-state index contributed by atoms with van der Waals surface area (Å²) >= 11 is 0. The first-order valence-corrected chi connectivity index (χ1v) is 8.11. The lowest BCUT2D eigenvalue weighted by Crippen LogP contribution is -1.99. The Bertz CT molecular complexity index is 931. The van der Waals surface area contributed by atoms with Gasteiger partial charge in [0.05, 0.1) is 17.8 Å². The van der Waals surface area contributed by atoms with Gasteiger partial charge >= 0.3 is 5.97 Å². The Kier molecular flexibility index (Phi) is 4.52. The summed E-state index contributed by atoms with van der Waals surface area (Å²) in [7, 11) is 0. The molecule has 0 aliphatic rings. The number of ether oxygens (including phenoxy) is 1. The van der Waals surface area contributed by atoms with Gasteiger partial charge in [-0.2, -0.15) is 0 Å². The van der Waals surface area contributed by atoms with E-state index in [9.17, 15) is 9.90 Å². The van der Waals surface area contributed by atoms with Gasteiger partial charge in [-0.3, -0.25) is 0 Å². The van der Waals surface area contributed by atoms with Gasteiger partial charge in [-0.25, -0.2) is 4.79 Å². The third kappa shape index (κ3) is 3.24. The van der Waals surface area contributed by atoms with Gasteiger partial charge in [-0.05, 0) is 30.7 Å².